The van der Waals surface area contributed by atoms with Gasteiger partial charge in [-0.05, 0) is 18.2 Å². The fraction of sp³-hybridized carbons (Fsp3) is 1.00. The minimum Gasteiger partial charge on any atom is -1.00 e. The molecule has 0 aliphatic carbocycles. The van der Waals surface area contributed by atoms with Crippen molar-refractivity contribution in [3.05, 3.63) is 0 Å². The summed E-state index contributed by atoms with van der Waals surface area (Å²) >= 11 is 0. The van der Waals surface area contributed by atoms with Crippen LogP contribution in [0.25, 0.3) is 0 Å². The predicted octanol–water partition coefficient (Wildman–Crippen LogP) is 1.53. The van der Waals surface area contributed by atoms with Crippen LogP contribution in [-0.2, 0) is 0 Å². The van der Waals surface area contributed by atoms with Crippen LogP contribution < -0.4 is 12.4 Å². The summed E-state index contributed by atoms with van der Waals surface area (Å²) in [6.45, 7) is 4.87. The third-order valence-electron chi connectivity index (χ3n) is 3.38. The van der Waals surface area contributed by atoms with Gasteiger partial charge in [0, 0.05) is 6.42 Å². The van der Waals surface area contributed by atoms with Crippen LogP contribution in [0.3, 0.4) is 0 Å². The molecule has 4 heteroatoms. The van der Waals surface area contributed by atoms with Crippen LogP contribution >= 0.6 is 0 Å². The van der Waals surface area contributed by atoms with E-state index in [2.05, 4.69) is 6.92 Å². The van der Waals surface area contributed by atoms with Gasteiger partial charge in [0.25, 0.3) is 0 Å². The highest BCUT2D eigenvalue weighted by Gasteiger charge is 2.17. The molecule has 0 fully saturated rings. The van der Waals surface area contributed by atoms with Crippen LogP contribution in [0.15, 0.2) is 0 Å². The molecule has 0 aliphatic rings. The molecule has 0 heterocycles. The van der Waals surface area contributed by atoms with E-state index < -0.39 is 4.81 Å². The lowest BCUT2D eigenvalue weighted by Crippen LogP contribution is -3.00. The fourth-order valence-corrected chi connectivity index (χ4v) is 2.01. The molecular weight excluding hydrogens is 250 g/mol. The Hall–Kier alpha value is 0.170. The summed E-state index contributed by atoms with van der Waals surface area (Å²) in [5.41, 5.74) is 0. The van der Waals surface area contributed by atoms with E-state index >= 15 is 0 Å². The highest BCUT2D eigenvalue weighted by Crippen LogP contribution is 2.11. The molecule has 0 bridgehead atoms. The topological polar surface area (TPSA) is 40.5 Å². The van der Waals surface area contributed by atoms with E-state index in [-0.39, 0.29) is 12.4 Å². The molecular formula is C14H32ClNO2. The van der Waals surface area contributed by atoms with E-state index in [1.54, 1.807) is 6.92 Å². The van der Waals surface area contributed by atoms with Gasteiger partial charge in [-0.2, -0.15) is 10.4 Å². The molecule has 0 aromatic heterocycles. The predicted molar refractivity (Wildman–Crippen MR) is 71.1 cm³/mol. The number of rotatable bonds is 12. The maximum absolute atomic E-state index is 9.34. The highest BCUT2D eigenvalue weighted by atomic mass is 35.5. The van der Waals surface area contributed by atoms with E-state index in [0.717, 1.165) is 12.8 Å². The van der Waals surface area contributed by atoms with Gasteiger partial charge in [-0.25, -0.2) is 0 Å². The first kappa shape index (κ1) is 20.5. The number of hydrogen-bond acceptors (Lipinski definition) is 2. The van der Waals surface area contributed by atoms with E-state index in [1.807, 2.05) is 0 Å². The van der Waals surface area contributed by atoms with Crippen LogP contribution in [-0.4, -0.2) is 28.3 Å². The Morgan fingerprint density at radius 1 is 0.667 bits per heavy atom. The molecule has 3 nitrogen and oxygen atoms in total. The molecule has 112 valence electrons. The number of nitrogens with zero attached hydrogens (tertiary/aromatic N) is 1. The smallest absolute Gasteiger partial charge is 0.142 e. The van der Waals surface area contributed by atoms with E-state index in [4.69, 9.17) is 0 Å². The molecule has 0 atom stereocenters. The van der Waals surface area contributed by atoms with Gasteiger partial charge in [0.05, 0.1) is 0 Å². The zero-order chi connectivity index (χ0) is 13.0. The molecule has 0 radical (unpaired) electrons. The fourth-order valence-electron chi connectivity index (χ4n) is 2.01. The Morgan fingerprint density at radius 3 is 1.44 bits per heavy atom. The SMILES string of the molecule is CCCCCCCCCCCC[N+](O)(O)CC.[Cl-]. The quantitative estimate of drug-likeness (QED) is 0.324. The number of halogens is 1. The maximum Gasteiger partial charge on any atom is 0.142 e. The average Bonchev–Trinajstić information content (AvgIpc) is 2.31. The Kier molecular flexibility index (Phi) is 15.5. The number of unbranched alkanes of at least 4 members (excludes halogenated alkanes) is 9. The van der Waals surface area contributed by atoms with Crippen LogP contribution in [0, 0.1) is 0 Å². The van der Waals surface area contributed by atoms with Gasteiger partial charge < -0.3 is 12.4 Å². The van der Waals surface area contributed by atoms with Gasteiger partial charge in [-0.3, -0.25) is 0 Å². The standard InChI is InChI=1S/C14H32NO2.ClH/c1-3-5-6-7-8-9-10-11-12-13-14-15(16,17)4-2;/h16-17H,3-14H2,1-2H3;1H/q+1;/p-1. The third-order valence-corrected chi connectivity index (χ3v) is 3.38. The molecule has 0 aliphatic heterocycles. The Balaban J connectivity index is 0. The van der Waals surface area contributed by atoms with Gasteiger partial charge in [0.1, 0.15) is 13.1 Å². The van der Waals surface area contributed by atoms with Gasteiger partial charge in [-0.1, -0.05) is 58.3 Å². The van der Waals surface area contributed by atoms with Gasteiger partial charge in [0.15, 0.2) is 0 Å². The highest BCUT2D eigenvalue weighted by molar-refractivity contribution is 4.46. The summed E-state index contributed by atoms with van der Waals surface area (Å²) in [5, 5.41) is 18.7. The lowest BCUT2D eigenvalue weighted by molar-refractivity contribution is -1.24. The second-order valence-electron chi connectivity index (χ2n) is 5.10. The molecule has 0 saturated heterocycles. The number of quaternary nitrogens is 1. The van der Waals surface area contributed by atoms with Gasteiger partial charge in [0.2, 0.25) is 0 Å². The number of hydroxylamine groups is 4. The van der Waals surface area contributed by atoms with Gasteiger partial charge in [-0.15, -0.1) is 0 Å². The first-order valence-corrected chi connectivity index (χ1v) is 7.45. The molecule has 0 saturated carbocycles. The number of hydrogen-bond donors (Lipinski definition) is 2. The van der Waals surface area contributed by atoms with Crippen molar-refractivity contribution < 1.29 is 27.6 Å². The second kappa shape index (κ2) is 13.6. The molecule has 0 rings (SSSR count). The minimum absolute atomic E-state index is 0. The van der Waals surface area contributed by atoms with Crippen molar-refractivity contribution in [1.82, 2.24) is 0 Å². The van der Waals surface area contributed by atoms with Crippen molar-refractivity contribution in [3.8, 4) is 0 Å². The van der Waals surface area contributed by atoms with Crippen molar-refractivity contribution >= 4 is 0 Å². The first-order valence-electron chi connectivity index (χ1n) is 7.45. The van der Waals surface area contributed by atoms with Crippen molar-refractivity contribution in [1.29, 1.82) is 0 Å². The Morgan fingerprint density at radius 2 is 1.06 bits per heavy atom. The van der Waals surface area contributed by atoms with Crippen molar-refractivity contribution in [3.63, 3.8) is 0 Å². The zero-order valence-corrected chi connectivity index (χ0v) is 13.0. The second-order valence-corrected chi connectivity index (χ2v) is 5.10. The van der Waals surface area contributed by atoms with Crippen LogP contribution in [0.5, 0.6) is 0 Å². The summed E-state index contributed by atoms with van der Waals surface area (Å²) in [6.07, 6.45) is 12.8. The molecule has 0 aromatic rings. The summed E-state index contributed by atoms with van der Waals surface area (Å²) in [7, 11) is 0. The molecule has 2 N–H and O–H groups in total. The molecule has 0 amide bonds. The monoisotopic (exact) mass is 281 g/mol. The molecule has 0 aromatic carbocycles. The van der Waals surface area contributed by atoms with Crippen LogP contribution in [0.4, 0.5) is 0 Å². The summed E-state index contributed by atoms with van der Waals surface area (Å²) in [6, 6.07) is 0. The summed E-state index contributed by atoms with van der Waals surface area (Å²) in [5.74, 6) is 0. The average molecular weight is 282 g/mol. The van der Waals surface area contributed by atoms with Crippen LogP contribution in [0.2, 0.25) is 0 Å². The third kappa shape index (κ3) is 14.2. The van der Waals surface area contributed by atoms with Crippen molar-refractivity contribution in [2.24, 2.45) is 0 Å². The largest absolute Gasteiger partial charge is 1.00 e. The minimum atomic E-state index is -0.809. The zero-order valence-electron chi connectivity index (χ0n) is 12.2. The Labute approximate surface area is 119 Å². The Bertz CT molecular complexity index is 166. The normalized spacial score (nSPS) is 11.3. The van der Waals surface area contributed by atoms with E-state index in [0.29, 0.717) is 13.1 Å². The summed E-state index contributed by atoms with van der Waals surface area (Å²) in [4.78, 5) is -0.809. The van der Waals surface area contributed by atoms with Crippen LogP contribution in [0.1, 0.15) is 78.1 Å². The lowest BCUT2D eigenvalue weighted by atomic mass is 10.1. The summed E-state index contributed by atoms with van der Waals surface area (Å²) < 4.78 is 0. The molecule has 18 heavy (non-hydrogen) atoms. The van der Waals surface area contributed by atoms with E-state index in [9.17, 15) is 10.4 Å². The maximum atomic E-state index is 9.34. The van der Waals surface area contributed by atoms with Gasteiger partial charge >= 0.3 is 0 Å². The molecule has 0 unspecified atom stereocenters. The first-order chi connectivity index (χ1) is 8.12. The lowest BCUT2D eigenvalue weighted by Gasteiger charge is -2.18. The van der Waals surface area contributed by atoms with E-state index in [1.165, 1.54) is 51.4 Å². The van der Waals surface area contributed by atoms with Crippen molar-refractivity contribution in [2.45, 2.75) is 78.1 Å². The molecule has 0 spiro atoms. The van der Waals surface area contributed by atoms with Crippen molar-refractivity contribution in [2.75, 3.05) is 13.1 Å².